The van der Waals surface area contributed by atoms with E-state index in [-0.39, 0.29) is 11.1 Å². The predicted molar refractivity (Wildman–Crippen MR) is 104 cm³/mol. The zero-order valence-corrected chi connectivity index (χ0v) is 16.6. The van der Waals surface area contributed by atoms with E-state index in [1.165, 1.54) is 48.5 Å². The third-order valence-electron chi connectivity index (χ3n) is 4.40. The van der Waals surface area contributed by atoms with Crippen LogP contribution in [-0.2, 0) is 5.67 Å². The number of halogens is 9. The van der Waals surface area contributed by atoms with Crippen molar-refractivity contribution in [1.29, 1.82) is 0 Å². The Kier molecular flexibility index (Phi) is 6.65. The molecule has 10 heteroatoms. The summed E-state index contributed by atoms with van der Waals surface area (Å²) in [7, 11) is 0. The highest BCUT2D eigenvalue weighted by molar-refractivity contribution is 5.49. The minimum atomic E-state index is -6.76. The molecular formula is C24H10F9N. The van der Waals surface area contributed by atoms with Crippen LogP contribution in [0.2, 0.25) is 0 Å². The average Bonchev–Trinajstić information content (AvgIpc) is 2.77. The lowest BCUT2D eigenvalue weighted by molar-refractivity contribution is -0.350. The molecule has 2 aromatic carbocycles. The second kappa shape index (κ2) is 9.14. The zero-order valence-electron chi connectivity index (χ0n) is 16.6. The number of aromatic nitrogens is 1. The van der Waals surface area contributed by atoms with E-state index in [1.807, 2.05) is 11.8 Å². The molecule has 0 bridgehead atoms. The van der Waals surface area contributed by atoms with E-state index in [0.29, 0.717) is 0 Å². The van der Waals surface area contributed by atoms with Crippen LogP contribution in [0.15, 0.2) is 60.7 Å². The van der Waals surface area contributed by atoms with E-state index in [1.54, 1.807) is 12.1 Å². The van der Waals surface area contributed by atoms with Crippen molar-refractivity contribution in [2.45, 2.75) is 18.0 Å². The van der Waals surface area contributed by atoms with Crippen molar-refractivity contribution < 1.29 is 39.5 Å². The van der Waals surface area contributed by atoms with Crippen LogP contribution in [0.3, 0.4) is 0 Å². The maximum Gasteiger partial charge on any atom is 0.436 e. The standard InChI is InChI=1S/C24H10F9N/c25-20-17(13-11-15-7-3-1-4-8-15)34-18(14-12-16-9-5-2-6-10-16)21(26)19(20)22(27,23(28,29)30)24(31,32)33/h1-10H. The molecule has 0 saturated heterocycles. The average molecular weight is 483 g/mol. The molecule has 0 amide bonds. The monoisotopic (exact) mass is 483 g/mol. The zero-order chi connectivity index (χ0) is 25.1. The van der Waals surface area contributed by atoms with Gasteiger partial charge in [0.25, 0.3) is 0 Å². The second-order valence-corrected chi connectivity index (χ2v) is 6.70. The first-order valence-electron chi connectivity index (χ1n) is 9.22. The molecule has 3 rings (SSSR count). The number of pyridine rings is 1. The lowest BCUT2D eigenvalue weighted by Crippen LogP contribution is -2.51. The van der Waals surface area contributed by atoms with E-state index in [9.17, 15) is 39.5 Å². The Morgan fingerprint density at radius 1 is 0.529 bits per heavy atom. The topological polar surface area (TPSA) is 12.9 Å². The van der Waals surface area contributed by atoms with Gasteiger partial charge in [-0.25, -0.2) is 18.2 Å². The van der Waals surface area contributed by atoms with Gasteiger partial charge in [-0.1, -0.05) is 48.2 Å². The van der Waals surface area contributed by atoms with Crippen molar-refractivity contribution in [3.8, 4) is 23.7 Å². The van der Waals surface area contributed by atoms with E-state index in [2.05, 4.69) is 16.8 Å². The summed E-state index contributed by atoms with van der Waals surface area (Å²) in [6.45, 7) is 0. The molecule has 0 N–H and O–H groups in total. The normalized spacial score (nSPS) is 11.8. The molecule has 0 saturated carbocycles. The Morgan fingerprint density at radius 2 is 0.882 bits per heavy atom. The van der Waals surface area contributed by atoms with E-state index in [0.717, 1.165) is 0 Å². The maximum absolute atomic E-state index is 14.8. The Hall–Kier alpha value is -3.92. The molecule has 0 aliphatic heterocycles. The van der Waals surface area contributed by atoms with Crippen molar-refractivity contribution in [2.75, 3.05) is 0 Å². The predicted octanol–water partition coefficient (Wildman–Crippen LogP) is 6.45. The number of hydrogen-bond donors (Lipinski definition) is 0. The highest BCUT2D eigenvalue weighted by atomic mass is 19.4. The molecule has 0 fully saturated rings. The summed E-state index contributed by atoms with van der Waals surface area (Å²) in [6, 6.07) is 14.8. The number of rotatable bonds is 1. The molecule has 0 aliphatic carbocycles. The largest absolute Gasteiger partial charge is 0.436 e. The van der Waals surface area contributed by atoms with E-state index in [4.69, 9.17) is 0 Å². The fourth-order valence-electron chi connectivity index (χ4n) is 2.76. The third kappa shape index (κ3) is 4.72. The highest BCUT2D eigenvalue weighted by Gasteiger charge is 2.75. The summed E-state index contributed by atoms with van der Waals surface area (Å²) >= 11 is 0. The van der Waals surface area contributed by atoms with Crippen LogP contribution in [0.1, 0.15) is 28.1 Å². The molecule has 3 aromatic rings. The fourth-order valence-corrected chi connectivity index (χ4v) is 2.76. The van der Waals surface area contributed by atoms with Crippen LogP contribution < -0.4 is 0 Å². The van der Waals surface area contributed by atoms with Crippen molar-refractivity contribution in [2.24, 2.45) is 0 Å². The van der Waals surface area contributed by atoms with Crippen LogP contribution in [0, 0.1) is 35.3 Å². The molecule has 1 heterocycles. The van der Waals surface area contributed by atoms with E-state index < -0.39 is 46.6 Å². The molecule has 1 aromatic heterocycles. The first kappa shape index (κ1) is 24.7. The minimum absolute atomic E-state index is 0.185. The summed E-state index contributed by atoms with van der Waals surface area (Å²) < 4.78 is 124. The highest BCUT2D eigenvalue weighted by Crippen LogP contribution is 2.54. The summed E-state index contributed by atoms with van der Waals surface area (Å²) in [5.74, 6) is 3.34. The summed E-state index contributed by atoms with van der Waals surface area (Å²) in [5, 5.41) is 0. The van der Waals surface area contributed by atoms with Crippen LogP contribution in [0.25, 0.3) is 0 Å². The minimum Gasteiger partial charge on any atom is -0.225 e. The molecule has 0 aliphatic rings. The van der Waals surface area contributed by atoms with Gasteiger partial charge in [-0.2, -0.15) is 26.3 Å². The maximum atomic E-state index is 14.8. The quantitative estimate of drug-likeness (QED) is 0.287. The van der Waals surface area contributed by atoms with Gasteiger partial charge in [0.2, 0.25) is 0 Å². The van der Waals surface area contributed by atoms with Crippen LogP contribution >= 0.6 is 0 Å². The Labute approximate surface area is 187 Å². The first-order chi connectivity index (χ1) is 15.9. The van der Waals surface area contributed by atoms with Crippen molar-refractivity contribution in [3.63, 3.8) is 0 Å². The van der Waals surface area contributed by atoms with Gasteiger partial charge in [0.1, 0.15) is 0 Å². The van der Waals surface area contributed by atoms with Gasteiger partial charge in [-0.3, -0.25) is 0 Å². The van der Waals surface area contributed by atoms with Gasteiger partial charge in [-0.15, -0.1) is 0 Å². The molecule has 0 unspecified atom stereocenters. The Bertz CT molecular complexity index is 1210. The van der Waals surface area contributed by atoms with Gasteiger partial charge in [0.15, 0.2) is 23.0 Å². The van der Waals surface area contributed by atoms with Crippen molar-refractivity contribution >= 4 is 0 Å². The van der Waals surface area contributed by atoms with Crippen LogP contribution in [0.5, 0.6) is 0 Å². The van der Waals surface area contributed by atoms with Crippen molar-refractivity contribution in [1.82, 2.24) is 4.98 Å². The molecule has 0 atom stereocenters. The number of alkyl halides is 7. The summed E-state index contributed by atoms with van der Waals surface area (Å²) in [6.07, 6.45) is -13.5. The number of hydrogen-bond acceptors (Lipinski definition) is 1. The smallest absolute Gasteiger partial charge is 0.225 e. The summed E-state index contributed by atoms with van der Waals surface area (Å²) in [4.78, 5) is 3.34. The van der Waals surface area contributed by atoms with Gasteiger partial charge in [0.05, 0.1) is 5.56 Å². The molecular weight excluding hydrogens is 473 g/mol. The molecule has 0 spiro atoms. The van der Waals surface area contributed by atoms with Gasteiger partial charge in [-0.05, 0) is 36.1 Å². The first-order valence-corrected chi connectivity index (χ1v) is 9.22. The van der Waals surface area contributed by atoms with Crippen molar-refractivity contribution in [3.05, 3.63) is 100 Å². The number of benzene rings is 2. The second-order valence-electron chi connectivity index (χ2n) is 6.70. The van der Waals surface area contributed by atoms with Gasteiger partial charge >= 0.3 is 18.0 Å². The van der Waals surface area contributed by atoms with Gasteiger partial charge < -0.3 is 0 Å². The third-order valence-corrected chi connectivity index (χ3v) is 4.40. The fraction of sp³-hybridized carbons (Fsp3) is 0.125. The number of nitrogens with zero attached hydrogens (tertiary/aromatic N) is 1. The molecule has 34 heavy (non-hydrogen) atoms. The van der Waals surface area contributed by atoms with Gasteiger partial charge in [0, 0.05) is 11.1 Å². The lowest BCUT2D eigenvalue weighted by atomic mass is 9.92. The molecule has 0 radical (unpaired) electrons. The van der Waals surface area contributed by atoms with Crippen LogP contribution in [-0.4, -0.2) is 17.3 Å². The molecule has 1 nitrogen and oxygen atoms in total. The molecule has 174 valence electrons. The summed E-state index contributed by atoms with van der Waals surface area (Å²) in [5.41, 5.74) is -11.6. The lowest BCUT2D eigenvalue weighted by Gasteiger charge is -2.31. The SMILES string of the molecule is Fc1c(C#Cc2ccccc2)nc(C#Cc2ccccc2)c(F)c1C(F)(C(F)(F)F)C(F)(F)F. The van der Waals surface area contributed by atoms with Crippen LogP contribution in [0.4, 0.5) is 39.5 Å². The van der Waals surface area contributed by atoms with E-state index >= 15 is 0 Å². The Morgan fingerprint density at radius 3 is 1.21 bits per heavy atom. The Balaban J connectivity index is 2.34.